The SMILES string of the molecule is COc1cccc2cc(C(C)NC3CCCC3C)oc12. The van der Waals surface area contributed by atoms with Crippen molar-refractivity contribution < 1.29 is 9.15 Å². The molecule has 0 radical (unpaired) electrons. The largest absolute Gasteiger partial charge is 0.493 e. The van der Waals surface area contributed by atoms with Gasteiger partial charge in [-0.25, -0.2) is 0 Å². The predicted molar refractivity (Wildman–Crippen MR) is 81.1 cm³/mol. The van der Waals surface area contributed by atoms with Crippen molar-refractivity contribution in [3.05, 3.63) is 30.0 Å². The molecule has 3 nitrogen and oxygen atoms in total. The number of benzene rings is 1. The molecule has 1 saturated carbocycles. The van der Waals surface area contributed by atoms with Crippen molar-refractivity contribution in [3.63, 3.8) is 0 Å². The van der Waals surface area contributed by atoms with E-state index in [1.807, 2.05) is 12.1 Å². The van der Waals surface area contributed by atoms with Crippen molar-refractivity contribution in [2.75, 3.05) is 7.11 Å². The van der Waals surface area contributed by atoms with Crippen LogP contribution in [0.2, 0.25) is 0 Å². The molecule has 2 aromatic rings. The quantitative estimate of drug-likeness (QED) is 0.902. The molecule has 1 fully saturated rings. The molecular formula is C17H23NO2. The summed E-state index contributed by atoms with van der Waals surface area (Å²) in [6, 6.07) is 8.97. The second kappa shape index (κ2) is 5.49. The normalized spacial score (nSPS) is 24.1. The third-order valence-electron chi connectivity index (χ3n) is 4.50. The van der Waals surface area contributed by atoms with Gasteiger partial charge in [0.2, 0.25) is 0 Å². The first-order chi connectivity index (χ1) is 9.69. The molecule has 3 atom stereocenters. The van der Waals surface area contributed by atoms with Crippen molar-refractivity contribution in [1.82, 2.24) is 5.32 Å². The summed E-state index contributed by atoms with van der Waals surface area (Å²) in [6.45, 7) is 4.51. The van der Waals surface area contributed by atoms with Gasteiger partial charge in [-0.15, -0.1) is 0 Å². The lowest BCUT2D eigenvalue weighted by molar-refractivity contribution is 0.353. The average Bonchev–Trinajstić information content (AvgIpc) is 3.05. The number of fused-ring (bicyclic) bond motifs is 1. The molecule has 0 spiro atoms. The molecule has 108 valence electrons. The summed E-state index contributed by atoms with van der Waals surface area (Å²) < 4.78 is 11.4. The summed E-state index contributed by atoms with van der Waals surface area (Å²) in [5.41, 5.74) is 0.845. The van der Waals surface area contributed by atoms with Crippen LogP contribution in [0, 0.1) is 5.92 Å². The molecule has 3 rings (SSSR count). The van der Waals surface area contributed by atoms with Crippen LogP contribution >= 0.6 is 0 Å². The Morgan fingerprint density at radius 2 is 2.20 bits per heavy atom. The van der Waals surface area contributed by atoms with E-state index in [9.17, 15) is 0 Å². The van der Waals surface area contributed by atoms with Crippen LogP contribution < -0.4 is 10.1 Å². The molecule has 1 aliphatic rings. The smallest absolute Gasteiger partial charge is 0.176 e. The number of hydrogen-bond acceptors (Lipinski definition) is 3. The number of hydrogen-bond donors (Lipinski definition) is 1. The van der Waals surface area contributed by atoms with Gasteiger partial charge in [0.05, 0.1) is 13.2 Å². The molecule has 0 bridgehead atoms. The maximum atomic E-state index is 6.01. The van der Waals surface area contributed by atoms with Crippen LogP contribution in [0.3, 0.4) is 0 Å². The molecule has 1 N–H and O–H groups in total. The maximum Gasteiger partial charge on any atom is 0.176 e. The molecule has 3 heteroatoms. The predicted octanol–water partition coefficient (Wildman–Crippen LogP) is 4.28. The molecule has 0 amide bonds. The molecular weight excluding hydrogens is 250 g/mol. The van der Waals surface area contributed by atoms with Crippen molar-refractivity contribution in [2.45, 2.75) is 45.2 Å². The van der Waals surface area contributed by atoms with Gasteiger partial charge in [-0.2, -0.15) is 0 Å². The Balaban J connectivity index is 1.82. The zero-order valence-corrected chi connectivity index (χ0v) is 12.5. The molecule has 1 aromatic heterocycles. The van der Waals surface area contributed by atoms with Crippen LogP contribution in [0.5, 0.6) is 5.75 Å². The van der Waals surface area contributed by atoms with Crippen molar-refractivity contribution >= 4 is 11.0 Å². The lowest BCUT2D eigenvalue weighted by Crippen LogP contribution is -2.33. The summed E-state index contributed by atoms with van der Waals surface area (Å²) in [4.78, 5) is 0. The van der Waals surface area contributed by atoms with E-state index in [2.05, 4.69) is 31.3 Å². The highest BCUT2D eigenvalue weighted by molar-refractivity contribution is 5.83. The molecule has 3 unspecified atom stereocenters. The Labute approximate surface area is 120 Å². The van der Waals surface area contributed by atoms with E-state index in [-0.39, 0.29) is 6.04 Å². The van der Waals surface area contributed by atoms with Crippen molar-refractivity contribution in [2.24, 2.45) is 5.92 Å². The summed E-state index contributed by atoms with van der Waals surface area (Å²) in [7, 11) is 1.68. The topological polar surface area (TPSA) is 34.4 Å². The number of nitrogens with one attached hydrogen (secondary N) is 1. The van der Waals surface area contributed by atoms with E-state index >= 15 is 0 Å². The summed E-state index contributed by atoms with van der Waals surface area (Å²) in [5, 5.41) is 4.81. The number of furan rings is 1. The lowest BCUT2D eigenvalue weighted by atomic mass is 10.1. The van der Waals surface area contributed by atoms with Gasteiger partial charge in [0.15, 0.2) is 11.3 Å². The van der Waals surface area contributed by atoms with E-state index < -0.39 is 0 Å². The molecule has 0 aliphatic heterocycles. The second-order valence-corrected chi connectivity index (χ2v) is 5.93. The Morgan fingerprint density at radius 3 is 2.90 bits per heavy atom. The number of para-hydroxylation sites is 1. The van der Waals surface area contributed by atoms with Gasteiger partial charge in [-0.05, 0) is 37.8 Å². The lowest BCUT2D eigenvalue weighted by Gasteiger charge is -2.21. The van der Waals surface area contributed by atoms with E-state index in [4.69, 9.17) is 9.15 Å². The Morgan fingerprint density at radius 1 is 1.35 bits per heavy atom. The third kappa shape index (κ3) is 2.42. The van der Waals surface area contributed by atoms with Gasteiger partial charge in [-0.3, -0.25) is 0 Å². The monoisotopic (exact) mass is 273 g/mol. The van der Waals surface area contributed by atoms with Crippen LogP contribution in [0.1, 0.15) is 44.9 Å². The van der Waals surface area contributed by atoms with Crippen molar-refractivity contribution in [3.8, 4) is 5.75 Å². The van der Waals surface area contributed by atoms with Crippen LogP contribution in [-0.2, 0) is 0 Å². The van der Waals surface area contributed by atoms with E-state index in [1.165, 1.54) is 19.3 Å². The second-order valence-electron chi connectivity index (χ2n) is 5.93. The van der Waals surface area contributed by atoms with Crippen molar-refractivity contribution in [1.29, 1.82) is 0 Å². The number of rotatable bonds is 4. The first kappa shape index (κ1) is 13.5. The van der Waals surface area contributed by atoms with Gasteiger partial charge < -0.3 is 14.5 Å². The highest BCUT2D eigenvalue weighted by Gasteiger charge is 2.25. The van der Waals surface area contributed by atoms with E-state index in [0.717, 1.165) is 28.4 Å². The fourth-order valence-electron chi connectivity index (χ4n) is 3.23. The Bertz CT molecular complexity index is 590. The zero-order valence-electron chi connectivity index (χ0n) is 12.5. The van der Waals surface area contributed by atoms with Gasteiger partial charge in [0.1, 0.15) is 5.76 Å². The first-order valence-corrected chi connectivity index (χ1v) is 7.51. The minimum Gasteiger partial charge on any atom is -0.493 e. The van der Waals surface area contributed by atoms with Gasteiger partial charge in [0, 0.05) is 11.4 Å². The fourth-order valence-corrected chi connectivity index (χ4v) is 3.23. The molecule has 20 heavy (non-hydrogen) atoms. The van der Waals surface area contributed by atoms with Crippen LogP contribution in [0.4, 0.5) is 0 Å². The standard InChI is InChI=1S/C17H23NO2/c1-11-6-4-8-14(11)18-12(2)16-10-13-7-5-9-15(19-3)17(13)20-16/h5,7,9-12,14,18H,4,6,8H2,1-3H3. The zero-order chi connectivity index (χ0) is 14.1. The fraction of sp³-hybridized carbons (Fsp3) is 0.529. The highest BCUT2D eigenvalue weighted by atomic mass is 16.5. The third-order valence-corrected chi connectivity index (χ3v) is 4.50. The maximum absolute atomic E-state index is 6.01. The van der Waals surface area contributed by atoms with Gasteiger partial charge in [0.25, 0.3) is 0 Å². The molecule has 1 aromatic carbocycles. The number of ether oxygens (including phenoxy) is 1. The van der Waals surface area contributed by atoms with E-state index in [1.54, 1.807) is 7.11 Å². The minimum atomic E-state index is 0.234. The number of methoxy groups -OCH3 is 1. The molecule has 1 heterocycles. The first-order valence-electron chi connectivity index (χ1n) is 7.51. The van der Waals surface area contributed by atoms with Crippen LogP contribution in [0.25, 0.3) is 11.0 Å². The van der Waals surface area contributed by atoms with Crippen LogP contribution in [0.15, 0.2) is 28.7 Å². The average molecular weight is 273 g/mol. The molecule has 0 saturated heterocycles. The highest BCUT2D eigenvalue weighted by Crippen LogP contribution is 2.32. The Hall–Kier alpha value is -1.48. The van der Waals surface area contributed by atoms with Crippen LogP contribution in [-0.4, -0.2) is 13.2 Å². The summed E-state index contributed by atoms with van der Waals surface area (Å²) in [5.74, 6) is 2.55. The van der Waals surface area contributed by atoms with E-state index in [0.29, 0.717) is 6.04 Å². The minimum absolute atomic E-state index is 0.234. The van der Waals surface area contributed by atoms with Gasteiger partial charge >= 0.3 is 0 Å². The molecule has 1 aliphatic carbocycles. The summed E-state index contributed by atoms with van der Waals surface area (Å²) >= 11 is 0. The summed E-state index contributed by atoms with van der Waals surface area (Å²) in [6.07, 6.45) is 3.94. The Kier molecular flexibility index (Phi) is 3.70. The van der Waals surface area contributed by atoms with Gasteiger partial charge in [-0.1, -0.05) is 25.5 Å².